The van der Waals surface area contributed by atoms with Gasteiger partial charge in [0.1, 0.15) is 0 Å². The Morgan fingerprint density at radius 1 is 1.13 bits per heavy atom. The second kappa shape index (κ2) is 6.36. The van der Waals surface area contributed by atoms with Crippen LogP contribution >= 0.6 is 7.26 Å². The van der Waals surface area contributed by atoms with Crippen LogP contribution in [-0.4, -0.2) is 25.1 Å². The maximum absolute atomic E-state index is 8.25. The van der Waals surface area contributed by atoms with Gasteiger partial charge in [0.05, 0.1) is 11.2 Å². The lowest BCUT2D eigenvalue weighted by Crippen LogP contribution is -1.90. The van der Waals surface area contributed by atoms with E-state index < -0.39 is 12.3 Å². The van der Waals surface area contributed by atoms with Gasteiger partial charge >= 0.3 is 0 Å². The summed E-state index contributed by atoms with van der Waals surface area (Å²) in [6.45, 7) is 7.12. The molecule has 1 rings (SSSR count). The summed E-state index contributed by atoms with van der Waals surface area (Å²) in [5.74, 6) is 0. The lowest BCUT2D eigenvalue weighted by atomic mass is 10.2. The van der Waals surface area contributed by atoms with Gasteiger partial charge in [0, 0.05) is 27.3 Å². The topological polar surface area (TPSA) is 66.2 Å². The summed E-state index contributed by atoms with van der Waals surface area (Å²) in [5, 5.41) is 14.8. The second-order valence-electron chi connectivity index (χ2n) is 4.16. The SMILES string of the molecule is C[P+](C)(C)Cc1ccccc1.O=[N+]([O-])[O-]. The quantitative estimate of drug-likeness (QED) is 0.445. The van der Waals surface area contributed by atoms with Gasteiger partial charge in [-0.15, -0.1) is 0 Å². The largest absolute Gasteiger partial charge is 0.356 e. The summed E-state index contributed by atoms with van der Waals surface area (Å²) in [4.78, 5) is 8.25. The van der Waals surface area contributed by atoms with Crippen molar-refractivity contribution in [3.8, 4) is 0 Å². The van der Waals surface area contributed by atoms with Crippen molar-refractivity contribution >= 4 is 7.26 Å². The fourth-order valence-electron chi connectivity index (χ4n) is 1.13. The molecule has 0 bridgehead atoms. The first-order valence-electron chi connectivity index (χ1n) is 4.47. The Labute approximate surface area is 90.4 Å². The second-order valence-corrected chi connectivity index (χ2v) is 9.05. The molecule has 0 fully saturated rings. The van der Waals surface area contributed by atoms with Gasteiger partial charge in [-0.2, -0.15) is 0 Å². The summed E-state index contributed by atoms with van der Waals surface area (Å²) in [6.07, 6.45) is 1.27. The first kappa shape index (κ1) is 13.8. The summed E-state index contributed by atoms with van der Waals surface area (Å²) >= 11 is 0. The fourth-order valence-corrected chi connectivity index (χ4v) is 2.44. The molecule has 0 saturated heterocycles. The zero-order valence-electron chi connectivity index (χ0n) is 9.21. The van der Waals surface area contributed by atoms with Crippen LogP contribution in [0, 0.1) is 15.3 Å². The van der Waals surface area contributed by atoms with Gasteiger partial charge in [0.2, 0.25) is 0 Å². The molecule has 84 valence electrons. The minimum atomic E-state index is -1.75. The van der Waals surface area contributed by atoms with Crippen molar-refractivity contribution in [2.75, 3.05) is 20.0 Å². The van der Waals surface area contributed by atoms with Crippen molar-refractivity contribution in [3.63, 3.8) is 0 Å². The average Bonchev–Trinajstić information content (AvgIpc) is 2.01. The molecule has 0 aromatic heterocycles. The predicted molar refractivity (Wildman–Crippen MR) is 65.2 cm³/mol. The van der Waals surface area contributed by atoms with Crippen LogP contribution in [0.2, 0.25) is 0 Å². The molecule has 5 heteroatoms. The van der Waals surface area contributed by atoms with Crippen LogP contribution in [0.1, 0.15) is 5.56 Å². The molecule has 15 heavy (non-hydrogen) atoms. The molecule has 0 aliphatic rings. The van der Waals surface area contributed by atoms with Crippen LogP contribution in [0.4, 0.5) is 0 Å². The fraction of sp³-hybridized carbons (Fsp3) is 0.400. The first-order valence-corrected chi connectivity index (χ1v) is 7.79. The number of hydrogen-bond acceptors (Lipinski definition) is 3. The van der Waals surface area contributed by atoms with E-state index in [1.807, 2.05) is 0 Å². The van der Waals surface area contributed by atoms with Crippen molar-refractivity contribution in [2.24, 2.45) is 0 Å². The van der Waals surface area contributed by atoms with E-state index in [4.69, 9.17) is 15.3 Å². The minimum absolute atomic E-state index is 0.638. The maximum Gasteiger partial charge on any atom is 0.0834 e. The van der Waals surface area contributed by atoms with Gasteiger partial charge in [-0.05, 0) is 5.56 Å². The van der Waals surface area contributed by atoms with Crippen LogP contribution in [0.25, 0.3) is 0 Å². The highest BCUT2D eigenvalue weighted by atomic mass is 31.2. The normalized spacial score (nSPS) is 10.1. The van der Waals surface area contributed by atoms with Crippen molar-refractivity contribution < 1.29 is 5.09 Å². The molecular formula is C10H16NO3P. The maximum atomic E-state index is 8.25. The summed E-state index contributed by atoms with van der Waals surface area (Å²) in [6, 6.07) is 10.7. The van der Waals surface area contributed by atoms with Crippen LogP contribution in [0.5, 0.6) is 0 Å². The van der Waals surface area contributed by atoms with Gasteiger partial charge in [-0.25, -0.2) is 0 Å². The molecule has 0 saturated carbocycles. The third-order valence-corrected chi connectivity index (χ3v) is 2.81. The van der Waals surface area contributed by atoms with Crippen LogP contribution in [-0.2, 0) is 6.16 Å². The molecule has 0 heterocycles. The third kappa shape index (κ3) is 10.8. The van der Waals surface area contributed by atoms with E-state index in [2.05, 4.69) is 50.3 Å². The Kier molecular flexibility index (Phi) is 5.87. The number of hydrogen-bond donors (Lipinski definition) is 0. The Morgan fingerprint density at radius 3 is 1.87 bits per heavy atom. The van der Waals surface area contributed by atoms with Crippen molar-refractivity contribution in [1.82, 2.24) is 0 Å². The van der Waals surface area contributed by atoms with Crippen LogP contribution in [0.15, 0.2) is 30.3 Å². The van der Waals surface area contributed by atoms with Gasteiger partial charge in [0.25, 0.3) is 0 Å². The Morgan fingerprint density at radius 2 is 1.53 bits per heavy atom. The van der Waals surface area contributed by atoms with E-state index >= 15 is 0 Å². The van der Waals surface area contributed by atoms with E-state index in [1.54, 1.807) is 0 Å². The smallest absolute Gasteiger partial charge is 0.0834 e. The minimum Gasteiger partial charge on any atom is -0.356 e. The highest BCUT2D eigenvalue weighted by molar-refractivity contribution is 7.72. The van der Waals surface area contributed by atoms with Crippen molar-refractivity contribution in [3.05, 3.63) is 51.2 Å². The molecule has 4 nitrogen and oxygen atoms in total. The van der Waals surface area contributed by atoms with E-state index in [1.165, 1.54) is 11.7 Å². The van der Waals surface area contributed by atoms with Crippen molar-refractivity contribution in [1.29, 1.82) is 0 Å². The van der Waals surface area contributed by atoms with E-state index in [0.29, 0.717) is 0 Å². The molecule has 0 aliphatic heterocycles. The van der Waals surface area contributed by atoms with Crippen LogP contribution in [0.3, 0.4) is 0 Å². The van der Waals surface area contributed by atoms with Crippen molar-refractivity contribution in [2.45, 2.75) is 6.16 Å². The zero-order chi connectivity index (χ0) is 11.9. The standard InChI is InChI=1S/C10H16P.NO3/c1-11(2,3)9-10-7-5-4-6-8-10;2-1(3)4/h4-8H,9H2,1-3H3;/q+1;-1. The molecule has 0 spiro atoms. The number of benzene rings is 1. The van der Waals surface area contributed by atoms with Gasteiger partial charge in [-0.1, -0.05) is 30.3 Å². The molecule has 0 radical (unpaired) electrons. The van der Waals surface area contributed by atoms with Crippen LogP contribution < -0.4 is 0 Å². The molecule has 1 aromatic carbocycles. The highest BCUT2D eigenvalue weighted by Gasteiger charge is 2.16. The van der Waals surface area contributed by atoms with E-state index in [-0.39, 0.29) is 0 Å². The molecule has 0 N–H and O–H groups in total. The summed E-state index contributed by atoms with van der Waals surface area (Å²) in [7, 11) is -0.638. The molecule has 0 aliphatic carbocycles. The highest BCUT2D eigenvalue weighted by Crippen LogP contribution is 2.49. The lowest BCUT2D eigenvalue weighted by Gasteiger charge is -2.10. The summed E-state index contributed by atoms with van der Waals surface area (Å²) < 4.78 is 0. The van der Waals surface area contributed by atoms with Gasteiger partial charge in [0.15, 0.2) is 0 Å². The first-order chi connectivity index (χ1) is 6.81. The molecular weight excluding hydrogens is 213 g/mol. The van der Waals surface area contributed by atoms with E-state index in [9.17, 15) is 0 Å². The molecule has 0 unspecified atom stereocenters. The molecule has 1 aromatic rings. The number of rotatable bonds is 2. The Hall–Kier alpha value is -1.15. The molecule has 0 amide bonds. The number of nitrogens with zero attached hydrogens (tertiary/aromatic N) is 1. The van der Waals surface area contributed by atoms with Gasteiger partial charge in [-0.3, -0.25) is 0 Å². The Balaban J connectivity index is 0.000000423. The average molecular weight is 229 g/mol. The molecule has 0 atom stereocenters. The lowest BCUT2D eigenvalue weighted by molar-refractivity contribution is -0.402. The summed E-state index contributed by atoms with van der Waals surface area (Å²) in [5.41, 5.74) is 1.48. The van der Waals surface area contributed by atoms with E-state index in [0.717, 1.165) is 0 Å². The van der Waals surface area contributed by atoms with Gasteiger partial charge < -0.3 is 15.3 Å². The Bertz CT molecular complexity index is 291. The monoisotopic (exact) mass is 229 g/mol. The third-order valence-electron chi connectivity index (χ3n) is 1.50. The predicted octanol–water partition coefficient (Wildman–Crippen LogP) is 2.85. The zero-order valence-corrected chi connectivity index (χ0v) is 10.1.